The lowest BCUT2D eigenvalue weighted by Crippen LogP contribution is -2.44. The molecule has 1 fully saturated rings. The first kappa shape index (κ1) is 16.6. The summed E-state index contributed by atoms with van der Waals surface area (Å²) in [7, 11) is 0. The van der Waals surface area contributed by atoms with Gasteiger partial charge in [-0.1, -0.05) is 6.92 Å². The van der Waals surface area contributed by atoms with Crippen LogP contribution in [0.2, 0.25) is 0 Å². The van der Waals surface area contributed by atoms with Gasteiger partial charge in [0.15, 0.2) is 0 Å². The molecule has 1 rings (SSSR count). The molecule has 0 aliphatic carbocycles. The van der Waals surface area contributed by atoms with Gasteiger partial charge in [-0.25, -0.2) is 0 Å². The lowest BCUT2D eigenvalue weighted by atomic mass is 10.1. The molecule has 102 valence electrons. The Morgan fingerprint density at radius 3 is 2.53 bits per heavy atom. The molecule has 0 bridgehead atoms. The van der Waals surface area contributed by atoms with E-state index in [0.717, 1.165) is 32.8 Å². The van der Waals surface area contributed by atoms with E-state index in [9.17, 15) is 4.79 Å². The molecular formula is C11H24ClN3O2. The fourth-order valence-corrected chi connectivity index (χ4v) is 1.72. The zero-order chi connectivity index (χ0) is 12.0. The molecule has 0 radical (unpaired) electrons. The van der Waals surface area contributed by atoms with Crippen molar-refractivity contribution in [3.63, 3.8) is 0 Å². The summed E-state index contributed by atoms with van der Waals surface area (Å²) in [6, 6.07) is -0.421. The van der Waals surface area contributed by atoms with Crippen molar-refractivity contribution >= 4 is 18.3 Å². The summed E-state index contributed by atoms with van der Waals surface area (Å²) < 4.78 is 5.28. The molecule has 1 saturated heterocycles. The molecule has 1 amide bonds. The summed E-state index contributed by atoms with van der Waals surface area (Å²) in [5.41, 5.74) is 5.47. The molecule has 17 heavy (non-hydrogen) atoms. The van der Waals surface area contributed by atoms with E-state index < -0.39 is 6.04 Å². The molecule has 0 aromatic rings. The number of nitrogens with zero attached hydrogens (tertiary/aromatic N) is 1. The Bertz CT molecular complexity index is 221. The van der Waals surface area contributed by atoms with Crippen LogP contribution >= 0.6 is 12.4 Å². The minimum absolute atomic E-state index is 0. The zero-order valence-electron chi connectivity index (χ0n) is 10.6. The molecule has 2 atom stereocenters. The first-order chi connectivity index (χ1) is 7.59. The third-order valence-electron chi connectivity index (χ3n) is 2.71. The number of nitrogens with two attached hydrogens (primary N) is 1. The van der Waals surface area contributed by atoms with Crippen molar-refractivity contribution in [2.24, 2.45) is 11.7 Å². The van der Waals surface area contributed by atoms with Crippen LogP contribution in [0.1, 0.15) is 13.8 Å². The highest BCUT2D eigenvalue weighted by Gasteiger charge is 2.14. The topological polar surface area (TPSA) is 67.6 Å². The molecule has 6 heteroatoms. The smallest absolute Gasteiger partial charge is 0.236 e. The van der Waals surface area contributed by atoms with Gasteiger partial charge < -0.3 is 15.8 Å². The van der Waals surface area contributed by atoms with Gasteiger partial charge in [-0.2, -0.15) is 0 Å². The highest BCUT2D eigenvalue weighted by atomic mass is 35.5. The maximum Gasteiger partial charge on any atom is 0.236 e. The standard InChI is InChI=1S/C11H23N3O2.ClH/c1-9(7-13-11(15)10(2)12)8-14-3-5-16-6-4-14;/h9-10H,3-8,12H2,1-2H3,(H,13,15);1H. The van der Waals surface area contributed by atoms with E-state index in [-0.39, 0.29) is 18.3 Å². The minimum Gasteiger partial charge on any atom is -0.379 e. The van der Waals surface area contributed by atoms with Crippen LogP contribution in [0.4, 0.5) is 0 Å². The summed E-state index contributed by atoms with van der Waals surface area (Å²) >= 11 is 0. The Labute approximate surface area is 109 Å². The second-order valence-electron chi connectivity index (χ2n) is 4.55. The summed E-state index contributed by atoms with van der Waals surface area (Å²) in [5.74, 6) is 0.370. The largest absolute Gasteiger partial charge is 0.379 e. The van der Waals surface area contributed by atoms with Crippen molar-refractivity contribution in [2.45, 2.75) is 19.9 Å². The Hall–Kier alpha value is -0.360. The highest BCUT2D eigenvalue weighted by Crippen LogP contribution is 2.02. The molecule has 0 spiro atoms. The number of halogens is 1. The maximum atomic E-state index is 11.3. The van der Waals surface area contributed by atoms with Gasteiger partial charge >= 0.3 is 0 Å². The number of ether oxygens (including phenoxy) is 1. The molecular weight excluding hydrogens is 242 g/mol. The fraction of sp³-hybridized carbons (Fsp3) is 0.909. The molecule has 0 aromatic carbocycles. The predicted octanol–water partition coefficient (Wildman–Crippen LogP) is -0.160. The second kappa shape index (κ2) is 8.69. The number of carbonyl (C=O) groups is 1. The molecule has 3 N–H and O–H groups in total. The molecule has 5 nitrogen and oxygen atoms in total. The van der Waals surface area contributed by atoms with E-state index in [1.165, 1.54) is 0 Å². The van der Waals surface area contributed by atoms with E-state index >= 15 is 0 Å². The maximum absolute atomic E-state index is 11.3. The van der Waals surface area contributed by atoms with E-state index in [1.54, 1.807) is 6.92 Å². The zero-order valence-corrected chi connectivity index (χ0v) is 11.5. The SMILES string of the molecule is CC(CNC(=O)C(C)N)CN1CCOCC1.Cl. The Morgan fingerprint density at radius 1 is 1.41 bits per heavy atom. The van der Waals surface area contributed by atoms with Gasteiger partial charge in [0.05, 0.1) is 19.3 Å². The van der Waals surface area contributed by atoms with Crippen molar-refractivity contribution in [3.05, 3.63) is 0 Å². The van der Waals surface area contributed by atoms with Crippen LogP contribution in [0.15, 0.2) is 0 Å². The predicted molar refractivity (Wildman–Crippen MR) is 70.3 cm³/mol. The molecule has 2 unspecified atom stereocenters. The van der Waals surface area contributed by atoms with Crippen LogP contribution in [-0.4, -0.2) is 56.2 Å². The third kappa shape index (κ3) is 6.83. The molecule has 0 aromatic heterocycles. The lowest BCUT2D eigenvalue weighted by Gasteiger charge is -2.29. The van der Waals surface area contributed by atoms with E-state index in [0.29, 0.717) is 12.5 Å². The highest BCUT2D eigenvalue weighted by molar-refractivity contribution is 5.85. The minimum atomic E-state index is -0.421. The van der Waals surface area contributed by atoms with Crippen LogP contribution < -0.4 is 11.1 Å². The number of hydrogen-bond acceptors (Lipinski definition) is 4. The Balaban J connectivity index is 0.00000256. The first-order valence-corrected chi connectivity index (χ1v) is 5.93. The lowest BCUT2D eigenvalue weighted by molar-refractivity contribution is -0.122. The van der Waals surface area contributed by atoms with Crippen molar-refractivity contribution in [3.8, 4) is 0 Å². The van der Waals surface area contributed by atoms with E-state index in [1.807, 2.05) is 0 Å². The van der Waals surface area contributed by atoms with Crippen molar-refractivity contribution in [1.82, 2.24) is 10.2 Å². The number of nitrogens with one attached hydrogen (secondary N) is 1. The first-order valence-electron chi connectivity index (χ1n) is 5.93. The average molecular weight is 266 g/mol. The monoisotopic (exact) mass is 265 g/mol. The molecule has 1 aliphatic heterocycles. The van der Waals surface area contributed by atoms with Gasteiger partial charge in [-0.3, -0.25) is 9.69 Å². The van der Waals surface area contributed by atoms with Gasteiger partial charge in [-0.15, -0.1) is 12.4 Å². The molecule has 1 aliphatic rings. The second-order valence-corrected chi connectivity index (χ2v) is 4.55. The van der Waals surface area contributed by atoms with Crippen LogP contribution in [0.3, 0.4) is 0 Å². The van der Waals surface area contributed by atoms with Gasteiger partial charge in [-0.05, 0) is 12.8 Å². The number of hydrogen-bond donors (Lipinski definition) is 2. The number of rotatable bonds is 5. The van der Waals surface area contributed by atoms with Gasteiger partial charge in [0.25, 0.3) is 0 Å². The van der Waals surface area contributed by atoms with Crippen molar-refractivity contribution in [1.29, 1.82) is 0 Å². The van der Waals surface area contributed by atoms with Gasteiger partial charge in [0.2, 0.25) is 5.91 Å². The van der Waals surface area contributed by atoms with E-state index in [4.69, 9.17) is 10.5 Å². The number of amides is 1. The average Bonchev–Trinajstić information content (AvgIpc) is 2.27. The summed E-state index contributed by atoms with van der Waals surface area (Å²) in [5, 5.41) is 2.85. The van der Waals surface area contributed by atoms with Gasteiger partial charge in [0, 0.05) is 26.2 Å². The quantitative estimate of drug-likeness (QED) is 0.725. The number of morpholine rings is 1. The van der Waals surface area contributed by atoms with Crippen LogP contribution in [0.5, 0.6) is 0 Å². The van der Waals surface area contributed by atoms with Crippen molar-refractivity contribution in [2.75, 3.05) is 39.4 Å². The Kier molecular flexibility index (Phi) is 8.51. The van der Waals surface area contributed by atoms with Crippen LogP contribution in [-0.2, 0) is 9.53 Å². The number of carbonyl (C=O) groups excluding carboxylic acids is 1. The van der Waals surface area contributed by atoms with Crippen LogP contribution in [0, 0.1) is 5.92 Å². The third-order valence-corrected chi connectivity index (χ3v) is 2.71. The van der Waals surface area contributed by atoms with Crippen LogP contribution in [0.25, 0.3) is 0 Å². The Morgan fingerprint density at radius 2 is 2.00 bits per heavy atom. The van der Waals surface area contributed by atoms with Gasteiger partial charge in [0.1, 0.15) is 0 Å². The summed E-state index contributed by atoms with van der Waals surface area (Å²) in [4.78, 5) is 13.6. The molecule has 1 heterocycles. The van der Waals surface area contributed by atoms with E-state index in [2.05, 4.69) is 17.1 Å². The summed E-state index contributed by atoms with van der Waals surface area (Å²) in [6.45, 7) is 9.15. The molecule has 0 saturated carbocycles. The summed E-state index contributed by atoms with van der Waals surface area (Å²) in [6.07, 6.45) is 0. The fourth-order valence-electron chi connectivity index (χ4n) is 1.72. The van der Waals surface area contributed by atoms with Crippen molar-refractivity contribution < 1.29 is 9.53 Å². The normalized spacial score (nSPS) is 20.2.